The average molecular weight is 394 g/mol. The van der Waals surface area contributed by atoms with Crippen LogP contribution in [0.1, 0.15) is 24.1 Å². The Hall–Kier alpha value is -0.800. The molecule has 0 aliphatic rings. The van der Waals surface area contributed by atoms with Crippen LogP contribution in [0, 0.1) is 5.82 Å². The van der Waals surface area contributed by atoms with Crippen molar-refractivity contribution >= 4 is 37.3 Å². The Morgan fingerprint density at radius 1 is 1.48 bits per heavy atom. The van der Waals surface area contributed by atoms with Crippen LogP contribution in [0.25, 0.3) is 0 Å². The van der Waals surface area contributed by atoms with Crippen LogP contribution in [0.2, 0.25) is 0 Å². The van der Waals surface area contributed by atoms with Crippen LogP contribution in [0.3, 0.4) is 0 Å². The summed E-state index contributed by atoms with van der Waals surface area (Å²) in [5, 5.41) is 12.8. The third kappa shape index (κ3) is 3.70. The second-order valence-electron chi connectivity index (χ2n) is 4.43. The first kappa shape index (κ1) is 16.6. The van der Waals surface area contributed by atoms with Crippen LogP contribution in [0.4, 0.5) is 4.39 Å². The highest BCUT2D eigenvalue weighted by atomic mass is 79.9. The summed E-state index contributed by atoms with van der Waals surface area (Å²) in [5.74, 6) is -0.939. The van der Waals surface area contributed by atoms with Crippen LogP contribution < -0.4 is 4.72 Å². The first-order chi connectivity index (χ1) is 9.85. The summed E-state index contributed by atoms with van der Waals surface area (Å²) in [6.07, 6.45) is 0. The maximum atomic E-state index is 14.1. The van der Waals surface area contributed by atoms with Gasteiger partial charge in [-0.25, -0.2) is 17.5 Å². The van der Waals surface area contributed by atoms with Crippen LogP contribution in [0.15, 0.2) is 38.3 Å². The number of halogens is 2. The van der Waals surface area contributed by atoms with Crippen LogP contribution in [-0.2, 0) is 16.6 Å². The zero-order valence-electron chi connectivity index (χ0n) is 11.0. The molecular weight excluding hydrogens is 381 g/mol. The molecule has 8 heteroatoms. The van der Waals surface area contributed by atoms with Gasteiger partial charge in [0.15, 0.2) is 0 Å². The summed E-state index contributed by atoms with van der Waals surface area (Å²) in [6, 6.07) is 3.85. The molecule has 0 aliphatic heterocycles. The van der Waals surface area contributed by atoms with Gasteiger partial charge in [0.1, 0.15) is 10.7 Å². The standard InChI is InChI=1S/C13H13BrFNO3S2/c1-8(9-2-3-20-7-9)16-21(18,19)12-5-11(14)4-10(6-17)13(12)15/h2-5,7-8,16-17H,6H2,1H3. The molecule has 1 atom stereocenters. The lowest BCUT2D eigenvalue weighted by Crippen LogP contribution is -2.27. The van der Waals surface area contributed by atoms with Gasteiger partial charge in [-0.15, -0.1) is 0 Å². The summed E-state index contributed by atoms with van der Waals surface area (Å²) >= 11 is 4.57. The second-order valence-corrected chi connectivity index (χ2v) is 7.81. The Balaban J connectivity index is 2.38. The fraction of sp³-hybridized carbons (Fsp3) is 0.231. The number of benzene rings is 1. The Kier molecular flexibility index (Phi) is 5.15. The molecule has 2 aromatic rings. The summed E-state index contributed by atoms with van der Waals surface area (Å²) in [7, 11) is -4.03. The number of hydrogen-bond acceptors (Lipinski definition) is 4. The van der Waals surface area contributed by atoms with Crippen molar-refractivity contribution < 1.29 is 17.9 Å². The molecule has 0 radical (unpaired) electrons. The van der Waals surface area contributed by atoms with Crippen LogP contribution >= 0.6 is 27.3 Å². The van der Waals surface area contributed by atoms with Crippen molar-refractivity contribution in [1.29, 1.82) is 0 Å². The second kappa shape index (κ2) is 6.53. The van der Waals surface area contributed by atoms with Gasteiger partial charge in [0.2, 0.25) is 10.0 Å². The molecule has 1 aromatic carbocycles. The van der Waals surface area contributed by atoms with Crippen molar-refractivity contribution in [2.75, 3.05) is 0 Å². The average Bonchev–Trinajstić information content (AvgIpc) is 2.94. The highest BCUT2D eigenvalue weighted by Crippen LogP contribution is 2.26. The lowest BCUT2D eigenvalue weighted by atomic mass is 10.2. The molecule has 0 saturated carbocycles. The van der Waals surface area contributed by atoms with E-state index < -0.39 is 33.4 Å². The van der Waals surface area contributed by atoms with E-state index in [-0.39, 0.29) is 5.56 Å². The zero-order chi connectivity index (χ0) is 15.6. The SMILES string of the molecule is CC(NS(=O)(=O)c1cc(Br)cc(CO)c1F)c1ccsc1. The smallest absolute Gasteiger partial charge is 0.244 e. The number of sulfonamides is 1. The molecule has 1 aromatic heterocycles. The molecule has 4 nitrogen and oxygen atoms in total. The van der Waals surface area contributed by atoms with E-state index >= 15 is 0 Å². The van der Waals surface area contributed by atoms with Crippen molar-refractivity contribution in [2.45, 2.75) is 24.5 Å². The van der Waals surface area contributed by atoms with Crippen molar-refractivity contribution in [3.8, 4) is 0 Å². The van der Waals surface area contributed by atoms with Crippen LogP contribution in [0.5, 0.6) is 0 Å². The number of nitrogens with one attached hydrogen (secondary N) is 1. The molecular formula is C13H13BrFNO3S2. The topological polar surface area (TPSA) is 66.4 Å². The maximum Gasteiger partial charge on any atom is 0.244 e. The fourth-order valence-electron chi connectivity index (χ4n) is 1.81. The van der Waals surface area contributed by atoms with Gasteiger partial charge < -0.3 is 5.11 Å². The number of rotatable bonds is 5. The van der Waals surface area contributed by atoms with E-state index in [1.807, 2.05) is 10.8 Å². The van der Waals surface area contributed by atoms with E-state index in [9.17, 15) is 12.8 Å². The van der Waals surface area contributed by atoms with Crippen LogP contribution in [-0.4, -0.2) is 13.5 Å². The third-order valence-corrected chi connectivity index (χ3v) is 5.61. The number of aliphatic hydroxyl groups excluding tert-OH is 1. The molecule has 0 bridgehead atoms. The number of aliphatic hydroxyl groups is 1. The molecule has 0 spiro atoms. The van der Waals surface area contributed by atoms with E-state index in [1.165, 1.54) is 23.5 Å². The Morgan fingerprint density at radius 3 is 2.76 bits per heavy atom. The number of hydrogen-bond donors (Lipinski definition) is 2. The molecule has 0 amide bonds. The monoisotopic (exact) mass is 393 g/mol. The normalized spacial score (nSPS) is 13.3. The van der Waals surface area contributed by atoms with Gasteiger partial charge in [0, 0.05) is 16.1 Å². The lowest BCUT2D eigenvalue weighted by Gasteiger charge is -2.15. The molecule has 21 heavy (non-hydrogen) atoms. The molecule has 0 fully saturated rings. The Labute approximate surface area is 134 Å². The van der Waals surface area contributed by atoms with E-state index in [1.54, 1.807) is 13.0 Å². The van der Waals surface area contributed by atoms with Gasteiger partial charge in [0.25, 0.3) is 0 Å². The van der Waals surface area contributed by atoms with Gasteiger partial charge in [0.05, 0.1) is 6.61 Å². The largest absolute Gasteiger partial charge is 0.392 e. The summed E-state index contributed by atoms with van der Waals surface area (Å²) in [5.41, 5.74) is 0.731. The van der Waals surface area contributed by atoms with Gasteiger partial charge in [-0.05, 0) is 41.4 Å². The van der Waals surface area contributed by atoms with E-state index in [0.29, 0.717) is 4.47 Å². The third-order valence-electron chi connectivity index (χ3n) is 2.91. The molecule has 114 valence electrons. The Bertz CT molecular complexity index is 732. The van der Waals surface area contributed by atoms with Gasteiger partial charge >= 0.3 is 0 Å². The van der Waals surface area contributed by atoms with E-state index in [2.05, 4.69) is 20.7 Å². The molecule has 2 rings (SSSR count). The lowest BCUT2D eigenvalue weighted by molar-refractivity contribution is 0.274. The predicted octanol–water partition coefficient (Wildman–Crippen LogP) is 3.18. The fourth-order valence-corrected chi connectivity index (χ4v) is 4.60. The first-order valence-electron chi connectivity index (χ1n) is 5.98. The number of thiophene rings is 1. The molecule has 0 saturated heterocycles. The van der Waals surface area contributed by atoms with E-state index in [0.717, 1.165) is 5.56 Å². The Morgan fingerprint density at radius 2 is 2.19 bits per heavy atom. The molecule has 1 heterocycles. The molecule has 0 aliphatic carbocycles. The minimum Gasteiger partial charge on any atom is -0.392 e. The highest BCUT2D eigenvalue weighted by Gasteiger charge is 2.24. The van der Waals surface area contributed by atoms with Crippen molar-refractivity contribution in [3.05, 3.63) is 50.4 Å². The van der Waals surface area contributed by atoms with Crippen molar-refractivity contribution in [2.24, 2.45) is 0 Å². The molecule has 1 unspecified atom stereocenters. The quantitative estimate of drug-likeness (QED) is 0.819. The van der Waals surface area contributed by atoms with Gasteiger partial charge in [-0.3, -0.25) is 0 Å². The maximum absolute atomic E-state index is 14.1. The van der Waals surface area contributed by atoms with Gasteiger partial charge in [-0.2, -0.15) is 11.3 Å². The zero-order valence-corrected chi connectivity index (χ0v) is 14.2. The highest BCUT2D eigenvalue weighted by molar-refractivity contribution is 9.10. The predicted molar refractivity (Wildman–Crippen MR) is 83.1 cm³/mol. The van der Waals surface area contributed by atoms with Crippen molar-refractivity contribution in [3.63, 3.8) is 0 Å². The molecule has 2 N–H and O–H groups in total. The van der Waals surface area contributed by atoms with Gasteiger partial charge in [-0.1, -0.05) is 15.9 Å². The summed E-state index contributed by atoms with van der Waals surface area (Å²) in [6.45, 7) is 1.11. The minimum atomic E-state index is -4.03. The summed E-state index contributed by atoms with van der Waals surface area (Å²) < 4.78 is 41.6. The van der Waals surface area contributed by atoms with E-state index in [4.69, 9.17) is 5.11 Å². The first-order valence-corrected chi connectivity index (χ1v) is 9.20. The minimum absolute atomic E-state index is 0.0760. The summed E-state index contributed by atoms with van der Waals surface area (Å²) in [4.78, 5) is -0.483. The van der Waals surface area contributed by atoms with Crippen molar-refractivity contribution in [1.82, 2.24) is 4.72 Å².